The standard InChI is InChI=1S/C75H110O33/c1-12-32(2)61(92)107-58-59(101-43(80)19-18-35-16-14-13-15-17-35)75-40(26-68(58,5)6)74(108-67(75)93)25-21-39-70(9)23-22-41(69(7,8)38(70)20-24-71(39,10)72(74,11)27-42(75)97-34(4)79)100-65-56(106-62-50(87)47(84)45(82)36(28-76)98-62)52(51(88)53(103-65)60(90)91)102-64-55(49(86)46(83)37(29-77)99-64)104-63-54(48(85)44(81)33(3)96-63)105-66-57(89)73(94,30-78)31-95-66/h12-19,33,36-42,44-59,62-67,76-78,81-89,93-94H,20-31H2,1-11H3,(H,90,91)/b19-18+,32-12-/t33-,36+,37+,38?,39?,40-,41-,42+,44-,45-,46-,47-,48+,49-,50+,51-,52-,53-,54+,55?,56+,57-,58-,59-,62?,63?,64-,65+,66-,67+,70-,71+,72-,73+,74-,75?/m0/s1. The first kappa shape index (κ1) is 83.0. The molecule has 11 aliphatic rings. The number of rotatable bonds is 20. The maximum absolute atomic E-state index is 14.5. The van der Waals surface area contributed by atoms with Crippen molar-refractivity contribution in [3.05, 3.63) is 53.6 Å². The number of allylic oxidation sites excluding steroid dienone is 1. The number of hydrogen-bond acceptors (Lipinski definition) is 32. The van der Waals surface area contributed by atoms with Crippen molar-refractivity contribution in [2.24, 2.45) is 50.2 Å². The molecule has 6 saturated heterocycles. The molecule has 0 aromatic heterocycles. The van der Waals surface area contributed by atoms with E-state index in [1.165, 1.54) is 19.9 Å². The van der Waals surface area contributed by atoms with Gasteiger partial charge in [0.1, 0.15) is 115 Å². The van der Waals surface area contributed by atoms with E-state index >= 15 is 0 Å². The molecule has 108 heavy (non-hydrogen) atoms. The summed E-state index contributed by atoms with van der Waals surface area (Å²) in [5.41, 5.74) is -8.25. The van der Waals surface area contributed by atoms with Crippen LogP contribution in [0, 0.1) is 50.2 Å². The van der Waals surface area contributed by atoms with Crippen molar-refractivity contribution in [2.45, 2.75) is 305 Å². The monoisotopic (exact) mass is 1540 g/mol. The lowest BCUT2D eigenvalue weighted by Crippen LogP contribution is -2.77. The second-order valence-corrected chi connectivity index (χ2v) is 33.9. The van der Waals surface area contributed by atoms with E-state index in [0.29, 0.717) is 37.7 Å². The Morgan fingerprint density at radius 2 is 1.18 bits per heavy atom. The van der Waals surface area contributed by atoms with Crippen LogP contribution in [-0.4, -0.2) is 304 Å². The molecule has 5 aliphatic carbocycles. The predicted molar refractivity (Wildman–Crippen MR) is 364 cm³/mol. The Morgan fingerprint density at radius 3 is 1.80 bits per heavy atom. The first-order valence-electron chi connectivity index (χ1n) is 37.4. The van der Waals surface area contributed by atoms with E-state index < -0.39 is 266 Å². The van der Waals surface area contributed by atoms with Crippen molar-refractivity contribution in [2.75, 3.05) is 26.4 Å². The molecule has 12 rings (SSSR count). The van der Waals surface area contributed by atoms with E-state index in [1.54, 1.807) is 38.1 Å². The Hall–Kier alpha value is -4.42. The lowest BCUT2D eigenvalue weighted by atomic mass is 9.30. The van der Waals surface area contributed by atoms with Gasteiger partial charge in [-0.3, -0.25) is 4.79 Å². The lowest BCUT2D eigenvalue weighted by molar-refractivity contribution is -0.409. The van der Waals surface area contributed by atoms with Crippen LogP contribution in [0.25, 0.3) is 6.08 Å². The highest BCUT2D eigenvalue weighted by molar-refractivity contribution is 5.88. The number of carboxylic acid groups (broad SMARTS) is 1. The van der Waals surface area contributed by atoms with Crippen LogP contribution >= 0.6 is 0 Å². The zero-order valence-corrected chi connectivity index (χ0v) is 62.5. The maximum Gasteiger partial charge on any atom is 0.335 e. The minimum atomic E-state index is -2.39. The molecular weight excluding hydrogens is 1430 g/mol. The van der Waals surface area contributed by atoms with E-state index in [1.807, 2.05) is 45.9 Å². The summed E-state index contributed by atoms with van der Waals surface area (Å²) < 4.78 is 88.7. The SMILES string of the molecule is C/C=C(/C)C(=O)O[C@H]1[C@H](OC(=O)/C=C/c2ccccc2)C23[C@H](O)O[C@@]4(CCC5[C@@]6(C)CC[C@H](O[C@@H]7O[C@H](C(=O)O)[C@@H](O)[C@H](O[C@@H]8O[C@H](CO)[C@H](O)[C@H](O)C8OC8O[C@@H](C)[C@H](O)[C@@H](O)[C@H]8O[C@@H]8OC[C@](O)(CO)[C@H]8O)[C@H]7OC7O[C@H](CO)[C@H](O)[C@H](O)[C@H]7O)C(C)(C)C6CC[C@@]5(C)[C@]4(C)C[C@H]2OC(C)=O)[C@@H]3CC1(C)C. The van der Waals surface area contributed by atoms with Crippen molar-refractivity contribution in [3.8, 4) is 0 Å². The van der Waals surface area contributed by atoms with Crippen LogP contribution < -0.4 is 0 Å². The topological polar surface area (TPSA) is 501 Å². The number of benzene rings is 1. The van der Waals surface area contributed by atoms with Crippen LogP contribution in [0.15, 0.2) is 48.1 Å². The van der Waals surface area contributed by atoms with Crippen LogP contribution in [0.3, 0.4) is 0 Å². The third kappa shape index (κ3) is 13.6. The molecule has 36 atom stereocenters. The second kappa shape index (κ2) is 30.7. The molecule has 0 amide bonds. The third-order valence-corrected chi connectivity index (χ3v) is 27.3. The Morgan fingerprint density at radius 1 is 0.583 bits per heavy atom. The summed E-state index contributed by atoms with van der Waals surface area (Å²) in [4.78, 5) is 55.9. The number of fused-ring (bicyclic) bond motifs is 4. The predicted octanol–water partition coefficient (Wildman–Crippen LogP) is -1.15. The lowest BCUT2D eigenvalue weighted by Gasteiger charge is -2.75. The molecule has 6 aliphatic heterocycles. The van der Waals surface area contributed by atoms with E-state index in [9.17, 15) is 95.8 Å². The van der Waals surface area contributed by atoms with Crippen molar-refractivity contribution >= 4 is 30.0 Å². The van der Waals surface area contributed by atoms with E-state index in [0.717, 1.165) is 0 Å². The highest BCUT2D eigenvalue weighted by Gasteiger charge is 2.87. The van der Waals surface area contributed by atoms with Gasteiger partial charge in [0.25, 0.3) is 0 Å². The van der Waals surface area contributed by atoms with E-state index in [-0.39, 0.29) is 36.7 Å². The quantitative estimate of drug-likeness (QED) is 0.0317. The first-order chi connectivity index (χ1) is 50.7. The number of esters is 3. The molecule has 608 valence electrons. The van der Waals surface area contributed by atoms with Gasteiger partial charge in [-0.2, -0.15) is 0 Å². The molecule has 33 heteroatoms. The average molecular weight is 1540 g/mol. The number of hydrogen-bond donors (Lipinski definition) is 15. The average Bonchev–Trinajstić information content (AvgIpc) is 1.41. The Balaban J connectivity index is 0.872. The minimum absolute atomic E-state index is 0.119. The molecule has 15 N–H and O–H groups in total. The van der Waals surface area contributed by atoms with Gasteiger partial charge in [-0.25, -0.2) is 14.4 Å². The van der Waals surface area contributed by atoms with E-state index in [2.05, 4.69) is 20.8 Å². The van der Waals surface area contributed by atoms with Gasteiger partial charge in [-0.1, -0.05) is 84.9 Å². The number of carboxylic acids is 1. The van der Waals surface area contributed by atoms with Gasteiger partial charge in [-0.15, -0.1) is 0 Å². The van der Waals surface area contributed by atoms with Crippen LogP contribution in [-0.2, 0) is 85.5 Å². The van der Waals surface area contributed by atoms with Crippen LogP contribution in [0.4, 0.5) is 0 Å². The number of carbonyl (C=O) groups excluding carboxylic acids is 3. The zero-order valence-electron chi connectivity index (χ0n) is 62.5. The maximum atomic E-state index is 14.5. The highest BCUT2D eigenvalue weighted by atomic mass is 16.8. The summed E-state index contributed by atoms with van der Waals surface area (Å²) in [6, 6.07) is 9.07. The Bertz CT molecular complexity index is 3450. The number of aliphatic hydroxyl groups excluding tert-OH is 13. The molecular formula is C75H110O33. The van der Waals surface area contributed by atoms with Gasteiger partial charge >= 0.3 is 23.9 Å². The Labute approximate surface area is 624 Å². The highest BCUT2D eigenvalue weighted by Crippen LogP contribution is 2.82. The van der Waals surface area contributed by atoms with Crippen LogP contribution in [0.1, 0.15) is 133 Å². The second-order valence-electron chi connectivity index (χ2n) is 33.9. The molecule has 11 fully saturated rings. The molecule has 1 aromatic rings. The molecule has 0 radical (unpaired) electrons. The summed E-state index contributed by atoms with van der Waals surface area (Å²) in [5, 5.41) is 169. The molecule has 1 spiro atoms. The smallest absolute Gasteiger partial charge is 0.335 e. The van der Waals surface area contributed by atoms with Crippen molar-refractivity contribution in [1.82, 2.24) is 0 Å². The number of aliphatic hydroxyl groups is 14. The van der Waals surface area contributed by atoms with Crippen LogP contribution in [0.5, 0.6) is 0 Å². The zero-order chi connectivity index (χ0) is 78.8. The fourth-order valence-corrected chi connectivity index (χ4v) is 21.2. The normalized spacial score (nSPS) is 49.7. The molecule has 6 heterocycles. The molecule has 1 aromatic carbocycles. The first-order valence-corrected chi connectivity index (χ1v) is 37.4. The van der Waals surface area contributed by atoms with Crippen molar-refractivity contribution in [3.63, 3.8) is 0 Å². The third-order valence-electron chi connectivity index (χ3n) is 27.3. The van der Waals surface area contributed by atoms with Crippen molar-refractivity contribution in [1.29, 1.82) is 0 Å². The molecule has 6 unspecified atom stereocenters. The molecule has 33 nitrogen and oxygen atoms in total. The summed E-state index contributed by atoms with van der Waals surface area (Å²) in [7, 11) is 0. The molecule has 2 bridgehead atoms. The number of aliphatic carboxylic acids is 1. The molecule has 5 saturated carbocycles. The summed E-state index contributed by atoms with van der Waals surface area (Å²) in [6.07, 6.45) is -42.9. The van der Waals surface area contributed by atoms with E-state index in [4.69, 9.17) is 66.3 Å². The summed E-state index contributed by atoms with van der Waals surface area (Å²) in [6.45, 7) is 16.6. The van der Waals surface area contributed by atoms with Gasteiger partial charge in [0.2, 0.25) is 0 Å². The van der Waals surface area contributed by atoms with Gasteiger partial charge in [0.05, 0.1) is 44.2 Å². The summed E-state index contributed by atoms with van der Waals surface area (Å²) >= 11 is 0. The van der Waals surface area contributed by atoms with Crippen LogP contribution in [0.2, 0.25) is 0 Å². The van der Waals surface area contributed by atoms with Gasteiger partial charge in [0, 0.05) is 35.3 Å². The summed E-state index contributed by atoms with van der Waals surface area (Å²) in [5.74, 6) is -5.01. The fourth-order valence-electron chi connectivity index (χ4n) is 21.2. The Kier molecular flexibility index (Phi) is 23.6. The van der Waals surface area contributed by atoms with Gasteiger partial charge < -0.3 is 143 Å². The fraction of sp³-hybridized carbons (Fsp3) is 0.813. The largest absolute Gasteiger partial charge is 0.479 e. The minimum Gasteiger partial charge on any atom is -0.479 e. The van der Waals surface area contributed by atoms with Gasteiger partial charge in [0.15, 0.2) is 49.9 Å². The number of carbonyl (C=O) groups is 4. The number of ether oxygens (including phenoxy) is 14. The van der Waals surface area contributed by atoms with Crippen molar-refractivity contribution < 1.29 is 162 Å². The van der Waals surface area contributed by atoms with Gasteiger partial charge in [-0.05, 0) is 112 Å².